The number of ether oxygens (including phenoxy) is 2. The van der Waals surface area contributed by atoms with Gasteiger partial charge in [0, 0.05) is 5.56 Å². The van der Waals surface area contributed by atoms with Crippen molar-refractivity contribution in [1.82, 2.24) is 0 Å². The molecule has 5 atom stereocenters. The Morgan fingerprint density at radius 1 is 1.00 bits per heavy atom. The molecule has 150 valence electrons. The van der Waals surface area contributed by atoms with Gasteiger partial charge in [-0.3, -0.25) is 0 Å². The zero-order valence-electron chi connectivity index (χ0n) is 16.0. The van der Waals surface area contributed by atoms with Crippen LogP contribution >= 0.6 is 0 Å². The third-order valence-electron chi connectivity index (χ3n) is 6.00. The van der Waals surface area contributed by atoms with E-state index in [9.17, 15) is 20.4 Å². The lowest BCUT2D eigenvalue weighted by Crippen LogP contribution is -2.65. The SMILES string of the molecule is Cc1ccc(Cc2cc(C34OCC(CO)(O3)C(O)C(O)C4O)ccc2C)cc1. The van der Waals surface area contributed by atoms with Crippen molar-refractivity contribution >= 4 is 0 Å². The fraction of sp³-hybridized carbons (Fsp3) is 0.455. The second kappa shape index (κ2) is 6.91. The van der Waals surface area contributed by atoms with Crippen LogP contribution in [-0.4, -0.2) is 57.6 Å². The lowest BCUT2D eigenvalue weighted by molar-refractivity contribution is -0.329. The average molecular weight is 386 g/mol. The first-order valence-corrected chi connectivity index (χ1v) is 9.46. The number of hydrogen-bond acceptors (Lipinski definition) is 6. The Balaban J connectivity index is 1.72. The van der Waals surface area contributed by atoms with Crippen molar-refractivity contribution in [3.63, 3.8) is 0 Å². The molecule has 2 heterocycles. The molecule has 2 aromatic carbocycles. The maximum atomic E-state index is 10.7. The van der Waals surface area contributed by atoms with Crippen LogP contribution in [0.5, 0.6) is 0 Å². The molecule has 4 rings (SSSR count). The predicted octanol–water partition coefficient (Wildman–Crippen LogP) is 0.921. The maximum Gasteiger partial charge on any atom is 0.225 e. The van der Waals surface area contributed by atoms with Crippen molar-refractivity contribution in [2.45, 2.75) is 50.0 Å². The van der Waals surface area contributed by atoms with Crippen LogP contribution in [0.4, 0.5) is 0 Å². The molecule has 2 bridgehead atoms. The lowest BCUT2D eigenvalue weighted by Gasteiger charge is -2.46. The van der Waals surface area contributed by atoms with Crippen LogP contribution in [0, 0.1) is 13.8 Å². The highest BCUT2D eigenvalue weighted by molar-refractivity contribution is 5.39. The molecule has 0 spiro atoms. The van der Waals surface area contributed by atoms with E-state index < -0.39 is 36.3 Å². The fourth-order valence-electron chi connectivity index (χ4n) is 4.08. The van der Waals surface area contributed by atoms with Gasteiger partial charge in [0.1, 0.15) is 23.9 Å². The summed E-state index contributed by atoms with van der Waals surface area (Å²) in [4.78, 5) is 0. The summed E-state index contributed by atoms with van der Waals surface area (Å²) in [6.07, 6.45) is -3.73. The van der Waals surface area contributed by atoms with Gasteiger partial charge in [0.2, 0.25) is 5.79 Å². The second-order valence-electron chi connectivity index (χ2n) is 7.97. The van der Waals surface area contributed by atoms with Crippen molar-refractivity contribution in [1.29, 1.82) is 0 Å². The summed E-state index contributed by atoms with van der Waals surface area (Å²) < 4.78 is 11.7. The average Bonchev–Trinajstić information content (AvgIpc) is 3.08. The van der Waals surface area contributed by atoms with Crippen molar-refractivity contribution in [2.75, 3.05) is 13.2 Å². The van der Waals surface area contributed by atoms with E-state index in [1.165, 1.54) is 5.56 Å². The molecule has 2 aliphatic rings. The van der Waals surface area contributed by atoms with E-state index >= 15 is 0 Å². The summed E-state index contributed by atoms with van der Waals surface area (Å²) in [5.74, 6) is -1.63. The highest BCUT2D eigenvalue weighted by atomic mass is 16.8. The summed E-state index contributed by atoms with van der Waals surface area (Å²) in [5.41, 5.74) is 3.56. The number of rotatable bonds is 4. The minimum atomic E-state index is -1.63. The number of benzene rings is 2. The summed E-state index contributed by atoms with van der Waals surface area (Å²) in [6, 6.07) is 13.9. The van der Waals surface area contributed by atoms with E-state index in [1.807, 2.05) is 26.0 Å². The largest absolute Gasteiger partial charge is 0.393 e. The van der Waals surface area contributed by atoms with Gasteiger partial charge in [0.25, 0.3) is 0 Å². The van der Waals surface area contributed by atoms with Gasteiger partial charge in [-0.25, -0.2) is 0 Å². The Labute approximate surface area is 164 Å². The Kier molecular flexibility index (Phi) is 4.82. The maximum absolute atomic E-state index is 10.7. The summed E-state index contributed by atoms with van der Waals surface area (Å²) in [7, 11) is 0. The fourth-order valence-corrected chi connectivity index (χ4v) is 4.08. The quantitative estimate of drug-likeness (QED) is 0.624. The van der Waals surface area contributed by atoms with Gasteiger partial charge in [0.15, 0.2) is 0 Å². The molecule has 0 aliphatic carbocycles. The molecule has 2 fully saturated rings. The van der Waals surface area contributed by atoms with E-state index in [1.54, 1.807) is 6.07 Å². The van der Waals surface area contributed by atoms with Crippen LogP contribution < -0.4 is 0 Å². The molecule has 6 heteroatoms. The third-order valence-corrected chi connectivity index (χ3v) is 6.00. The standard InChI is InChI=1S/C22H26O6/c1-13-3-6-15(7-4-13)9-16-10-17(8-5-14(16)2)22-20(26)18(24)19(25)21(11-23,28-22)12-27-22/h3-8,10,18-20,23-26H,9,11-12H2,1-2H3. The molecule has 0 saturated carbocycles. The van der Waals surface area contributed by atoms with Gasteiger partial charge in [0.05, 0.1) is 13.2 Å². The number of aliphatic hydroxyl groups is 4. The van der Waals surface area contributed by atoms with Gasteiger partial charge in [-0.2, -0.15) is 0 Å². The Morgan fingerprint density at radius 3 is 2.39 bits per heavy atom. The number of aryl methyl sites for hydroxylation is 2. The summed E-state index contributed by atoms with van der Waals surface area (Å²) in [6.45, 7) is 3.40. The highest BCUT2D eigenvalue weighted by Gasteiger charge is 2.67. The van der Waals surface area contributed by atoms with E-state index in [0.717, 1.165) is 16.7 Å². The molecule has 2 aromatic rings. The van der Waals surface area contributed by atoms with Crippen LogP contribution in [0.1, 0.15) is 27.8 Å². The first kappa shape index (κ1) is 19.5. The molecule has 0 radical (unpaired) electrons. The molecule has 6 nitrogen and oxygen atoms in total. The van der Waals surface area contributed by atoms with Crippen molar-refractivity contribution in [2.24, 2.45) is 0 Å². The number of fused-ring (bicyclic) bond motifs is 2. The molecular weight excluding hydrogens is 360 g/mol. The topological polar surface area (TPSA) is 99.4 Å². The molecule has 5 unspecified atom stereocenters. The summed E-state index contributed by atoms with van der Waals surface area (Å²) in [5, 5.41) is 41.1. The Hall–Kier alpha value is -1.80. The molecule has 0 amide bonds. The minimum absolute atomic E-state index is 0.125. The molecule has 4 N–H and O–H groups in total. The van der Waals surface area contributed by atoms with Crippen LogP contribution in [0.25, 0.3) is 0 Å². The smallest absolute Gasteiger partial charge is 0.225 e. The van der Waals surface area contributed by atoms with Crippen molar-refractivity contribution in [3.05, 3.63) is 70.3 Å². The second-order valence-corrected chi connectivity index (χ2v) is 7.97. The van der Waals surface area contributed by atoms with Crippen molar-refractivity contribution in [3.8, 4) is 0 Å². The Bertz CT molecular complexity index is 866. The van der Waals surface area contributed by atoms with Gasteiger partial charge < -0.3 is 29.9 Å². The minimum Gasteiger partial charge on any atom is -0.393 e. The molecule has 0 aromatic heterocycles. The zero-order chi connectivity index (χ0) is 20.1. The van der Waals surface area contributed by atoms with Crippen LogP contribution in [-0.2, 0) is 21.7 Å². The number of aliphatic hydroxyl groups excluding tert-OH is 4. The van der Waals surface area contributed by atoms with E-state index in [4.69, 9.17) is 9.47 Å². The van der Waals surface area contributed by atoms with Crippen LogP contribution in [0.3, 0.4) is 0 Å². The number of hydrogen-bond donors (Lipinski definition) is 4. The normalized spacial score (nSPS) is 34.6. The van der Waals surface area contributed by atoms with Gasteiger partial charge in [-0.05, 0) is 43.0 Å². The molecule has 28 heavy (non-hydrogen) atoms. The monoisotopic (exact) mass is 386 g/mol. The van der Waals surface area contributed by atoms with Gasteiger partial charge in [-0.15, -0.1) is 0 Å². The van der Waals surface area contributed by atoms with Crippen molar-refractivity contribution < 1.29 is 29.9 Å². The lowest BCUT2D eigenvalue weighted by atomic mass is 9.83. The molecular formula is C22H26O6. The summed E-state index contributed by atoms with van der Waals surface area (Å²) >= 11 is 0. The van der Waals surface area contributed by atoms with Gasteiger partial charge >= 0.3 is 0 Å². The van der Waals surface area contributed by atoms with E-state index in [-0.39, 0.29) is 6.61 Å². The molecule has 2 saturated heterocycles. The zero-order valence-corrected chi connectivity index (χ0v) is 16.0. The molecule has 2 aliphatic heterocycles. The van der Waals surface area contributed by atoms with E-state index in [2.05, 4.69) is 24.3 Å². The van der Waals surface area contributed by atoms with E-state index in [0.29, 0.717) is 12.0 Å². The van der Waals surface area contributed by atoms with Crippen LogP contribution in [0.15, 0.2) is 42.5 Å². The van der Waals surface area contributed by atoms with Gasteiger partial charge in [-0.1, -0.05) is 42.0 Å². The highest BCUT2D eigenvalue weighted by Crippen LogP contribution is 2.49. The third kappa shape index (κ3) is 2.88. The Morgan fingerprint density at radius 2 is 1.71 bits per heavy atom. The first-order valence-electron chi connectivity index (χ1n) is 9.46. The van der Waals surface area contributed by atoms with Crippen LogP contribution in [0.2, 0.25) is 0 Å². The first-order chi connectivity index (χ1) is 13.3. The predicted molar refractivity (Wildman–Crippen MR) is 102 cm³/mol.